The standard InChI is InChI=1S/C13H16N2OS/c1-9(13-14-6-8-17-13)15-7-5-10-11(15)3-2-4-12(10)16/h5-9,12,16H,2-4H2,1H3. The van der Waals surface area contributed by atoms with E-state index in [2.05, 4.69) is 28.7 Å². The first kappa shape index (κ1) is 11.0. The van der Waals surface area contributed by atoms with Crippen LogP contribution in [-0.4, -0.2) is 14.7 Å². The number of hydrogen-bond acceptors (Lipinski definition) is 3. The van der Waals surface area contributed by atoms with Gasteiger partial charge in [-0.15, -0.1) is 11.3 Å². The van der Waals surface area contributed by atoms with E-state index in [4.69, 9.17) is 0 Å². The molecule has 1 aliphatic rings. The molecule has 1 aliphatic carbocycles. The van der Waals surface area contributed by atoms with Gasteiger partial charge < -0.3 is 9.67 Å². The van der Waals surface area contributed by atoms with Gasteiger partial charge in [-0.3, -0.25) is 0 Å². The van der Waals surface area contributed by atoms with E-state index in [0.717, 1.165) is 29.8 Å². The smallest absolute Gasteiger partial charge is 0.115 e. The maximum Gasteiger partial charge on any atom is 0.115 e. The van der Waals surface area contributed by atoms with Gasteiger partial charge in [0.1, 0.15) is 5.01 Å². The molecule has 0 aliphatic heterocycles. The van der Waals surface area contributed by atoms with Crippen LogP contribution in [0.15, 0.2) is 23.8 Å². The minimum Gasteiger partial charge on any atom is -0.388 e. The fraction of sp³-hybridized carbons (Fsp3) is 0.462. The van der Waals surface area contributed by atoms with Crippen LogP contribution in [0, 0.1) is 0 Å². The summed E-state index contributed by atoms with van der Waals surface area (Å²) in [6.45, 7) is 2.17. The SMILES string of the molecule is CC(c1nccs1)n1ccc2c1CCCC2O. The largest absolute Gasteiger partial charge is 0.388 e. The molecule has 0 spiro atoms. The van der Waals surface area contributed by atoms with Crippen molar-refractivity contribution >= 4 is 11.3 Å². The lowest BCUT2D eigenvalue weighted by molar-refractivity contribution is 0.155. The summed E-state index contributed by atoms with van der Waals surface area (Å²) in [5.74, 6) is 0. The Kier molecular flexibility index (Phi) is 2.76. The summed E-state index contributed by atoms with van der Waals surface area (Å²) in [5, 5.41) is 13.1. The molecule has 0 radical (unpaired) electrons. The molecule has 0 saturated heterocycles. The first-order chi connectivity index (χ1) is 8.27. The Morgan fingerprint density at radius 2 is 2.47 bits per heavy atom. The van der Waals surface area contributed by atoms with Crippen LogP contribution < -0.4 is 0 Å². The quantitative estimate of drug-likeness (QED) is 0.887. The van der Waals surface area contributed by atoms with Crippen LogP contribution in [0.1, 0.15) is 48.2 Å². The molecule has 3 nitrogen and oxygen atoms in total. The van der Waals surface area contributed by atoms with E-state index in [9.17, 15) is 5.11 Å². The Labute approximate surface area is 105 Å². The Morgan fingerprint density at radius 3 is 3.24 bits per heavy atom. The van der Waals surface area contributed by atoms with Crippen molar-refractivity contribution in [2.75, 3.05) is 0 Å². The predicted molar refractivity (Wildman–Crippen MR) is 68.3 cm³/mol. The molecule has 3 rings (SSSR count). The molecule has 2 heterocycles. The molecule has 0 amide bonds. The summed E-state index contributed by atoms with van der Waals surface area (Å²) in [4.78, 5) is 4.38. The number of aromatic nitrogens is 2. The lowest BCUT2D eigenvalue weighted by Crippen LogP contribution is -2.14. The third-order valence-electron chi connectivity index (χ3n) is 3.54. The van der Waals surface area contributed by atoms with Gasteiger partial charge in [0.25, 0.3) is 0 Å². The zero-order valence-electron chi connectivity index (χ0n) is 9.84. The predicted octanol–water partition coefficient (Wildman–Crippen LogP) is 2.92. The number of rotatable bonds is 2. The van der Waals surface area contributed by atoms with E-state index in [1.165, 1.54) is 5.69 Å². The number of aliphatic hydroxyl groups excluding tert-OH is 1. The summed E-state index contributed by atoms with van der Waals surface area (Å²) in [5.41, 5.74) is 2.39. The molecule has 2 aromatic heterocycles. The Morgan fingerprint density at radius 1 is 1.59 bits per heavy atom. The molecule has 1 N–H and O–H groups in total. The molecule has 0 fully saturated rings. The van der Waals surface area contributed by atoms with Crippen LogP contribution in [0.4, 0.5) is 0 Å². The second-order valence-electron chi connectivity index (χ2n) is 4.58. The van der Waals surface area contributed by atoms with Gasteiger partial charge >= 0.3 is 0 Å². The summed E-state index contributed by atoms with van der Waals surface area (Å²) in [7, 11) is 0. The minimum absolute atomic E-state index is 0.268. The number of hydrogen-bond donors (Lipinski definition) is 1. The van der Waals surface area contributed by atoms with Crippen LogP contribution in [0.2, 0.25) is 0 Å². The van der Waals surface area contributed by atoms with Gasteiger partial charge in [0.05, 0.1) is 12.1 Å². The summed E-state index contributed by atoms with van der Waals surface area (Å²) < 4.78 is 2.26. The van der Waals surface area contributed by atoms with E-state index in [0.29, 0.717) is 0 Å². The Bertz CT molecular complexity index is 503. The lowest BCUT2D eigenvalue weighted by Gasteiger charge is -2.22. The van der Waals surface area contributed by atoms with Gasteiger partial charge in [0, 0.05) is 29.0 Å². The average molecular weight is 248 g/mol. The maximum absolute atomic E-state index is 9.96. The first-order valence-corrected chi connectivity index (χ1v) is 6.92. The molecule has 0 aromatic carbocycles. The third-order valence-corrected chi connectivity index (χ3v) is 4.48. The minimum atomic E-state index is -0.275. The third kappa shape index (κ3) is 1.81. The zero-order chi connectivity index (χ0) is 11.8. The zero-order valence-corrected chi connectivity index (χ0v) is 10.7. The van der Waals surface area contributed by atoms with Crippen molar-refractivity contribution in [3.05, 3.63) is 40.1 Å². The second-order valence-corrected chi connectivity index (χ2v) is 5.51. The van der Waals surface area contributed by atoms with Crippen LogP contribution >= 0.6 is 11.3 Å². The van der Waals surface area contributed by atoms with E-state index in [-0.39, 0.29) is 12.1 Å². The number of aliphatic hydroxyl groups is 1. The molecule has 17 heavy (non-hydrogen) atoms. The van der Waals surface area contributed by atoms with Gasteiger partial charge in [0.2, 0.25) is 0 Å². The number of fused-ring (bicyclic) bond motifs is 1. The van der Waals surface area contributed by atoms with Crippen LogP contribution in [0.3, 0.4) is 0 Å². The molecule has 2 atom stereocenters. The highest BCUT2D eigenvalue weighted by Gasteiger charge is 2.23. The lowest BCUT2D eigenvalue weighted by atomic mass is 9.95. The van der Waals surface area contributed by atoms with Gasteiger partial charge in [-0.1, -0.05) is 0 Å². The van der Waals surface area contributed by atoms with E-state index in [1.807, 2.05) is 11.6 Å². The molecular formula is C13H16N2OS. The average Bonchev–Trinajstić information content (AvgIpc) is 2.98. The normalized spacial score (nSPS) is 21.2. The van der Waals surface area contributed by atoms with Crippen molar-refractivity contribution in [1.82, 2.24) is 9.55 Å². The maximum atomic E-state index is 9.96. The number of nitrogens with zero attached hydrogens (tertiary/aromatic N) is 2. The van der Waals surface area contributed by atoms with Crippen LogP contribution in [-0.2, 0) is 6.42 Å². The fourth-order valence-electron chi connectivity index (χ4n) is 2.61. The summed E-state index contributed by atoms with van der Waals surface area (Å²) in [6.07, 6.45) is 6.69. The molecule has 2 unspecified atom stereocenters. The molecule has 2 aromatic rings. The summed E-state index contributed by atoms with van der Waals surface area (Å²) in [6, 6.07) is 2.33. The van der Waals surface area contributed by atoms with Crippen molar-refractivity contribution in [2.24, 2.45) is 0 Å². The van der Waals surface area contributed by atoms with Crippen LogP contribution in [0.25, 0.3) is 0 Å². The van der Waals surface area contributed by atoms with Crippen molar-refractivity contribution < 1.29 is 5.11 Å². The van der Waals surface area contributed by atoms with Gasteiger partial charge in [-0.05, 0) is 32.3 Å². The van der Waals surface area contributed by atoms with Crippen molar-refractivity contribution in [1.29, 1.82) is 0 Å². The van der Waals surface area contributed by atoms with Crippen molar-refractivity contribution in [3.8, 4) is 0 Å². The van der Waals surface area contributed by atoms with Crippen molar-refractivity contribution in [3.63, 3.8) is 0 Å². The van der Waals surface area contributed by atoms with E-state index in [1.54, 1.807) is 11.3 Å². The highest BCUT2D eigenvalue weighted by molar-refractivity contribution is 7.09. The van der Waals surface area contributed by atoms with E-state index < -0.39 is 0 Å². The monoisotopic (exact) mass is 248 g/mol. The second kappa shape index (κ2) is 4.27. The molecule has 4 heteroatoms. The number of thiazole rings is 1. The highest BCUT2D eigenvalue weighted by atomic mass is 32.1. The van der Waals surface area contributed by atoms with Gasteiger partial charge in [-0.25, -0.2) is 4.98 Å². The molecule has 0 saturated carbocycles. The van der Waals surface area contributed by atoms with Gasteiger partial charge in [-0.2, -0.15) is 0 Å². The van der Waals surface area contributed by atoms with Crippen molar-refractivity contribution in [2.45, 2.75) is 38.3 Å². The summed E-state index contributed by atoms with van der Waals surface area (Å²) >= 11 is 1.69. The first-order valence-electron chi connectivity index (χ1n) is 6.04. The highest BCUT2D eigenvalue weighted by Crippen LogP contribution is 2.33. The topological polar surface area (TPSA) is 38.0 Å². The molecule has 90 valence electrons. The molecule has 0 bridgehead atoms. The Hall–Kier alpha value is -1.13. The molecular weight excluding hydrogens is 232 g/mol. The van der Waals surface area contributed by atoms with Gasteiger partial charge in [0.15, 0.2) is 0 Å². The van der Waals surface area contributed by atoms with E-state index >= 15 is 0 Å². The van der Waals surface area contributed by atoms with Crippen LogP contribution in [0.5, 0.6) is 0 Å². The Balaban J connectivity index is 1.99. The fourth-order valence-corrected chi connectivity index (χ4v) is 3.31.